The van der Waals surface area contributed by atoms with E-state index < -0.39 is 0 Å². The van der Waals surface area contributed by atoms with Gasteiger partial charge in [-0.15, -0.1) is 0 Å². The summed E-state index contributed by atoms with van der Waals surface area (Å²) in [5.74, 6) is 0.380. The van der Waals surface area contributed by atoms with Gasteiger partial charge in [0, 0.05) is 19.6 Å². The Balaban J connectivity index is 1.49. The molecule has 1 aliphatic rings. The summed E-state index contributed by atoms with van der Waals surface area (Å²) < 4.78 is 32.0. The van der Waals surface area contributed by atoms with Gasteiger partial charge in [0.05, 0.1) is 25.3 Å². The minimum absolute atomic E-state index is 0.0604. The number of aromatic nitrogens is 1. The van der Waals surface area contributed by atoms with Gasteiger partial charge in [0.1, 0.15) is 17.5 Å². The summed E-state index contributed by atoms with van der Waals surface area (Å²) in [5, 5.41) is 6.15. The average Bonchev–Trinajstić information content (AvgIpc) is 2.80. The van der Waals surface area contributed by atoms with Crippen molar-refractivity contribution >= 4 is 23.2 Å². The Hall–Kier alpha value is -3.52. The number of morpholine rings is 1. The third kappa shape index (κ3) is 5.79. The Bertz CT molecular complexity index is 1070. The van der Waals surface area contributed by atoms with Crippen LogP contribution in [-0.4, -0.2) is 37.2 Å². The highest BCUT2D eigenvalue weighted by atomic mass is 19.1. The fourth-order valence-corrected chi connectivity index (χ4v) is 3.48. The van der Waals surface area contributed by atoms with Gasteiger partial charge in [0.15, 0.2) is 5.82 Å². The Kier molecular flexibility index (Phi) is 6.91. The number of nitrogens with zero attached hydrogens (tertiary/aromatic N) is 2. The number of carbonyl (C=O) groups is 1. The maximum Gasteiger partial charge on any atom is 0.228 e. The monoisotopic (exact) mass is 438 g/mol. The van der Waals surface area contributed by atoms with E-state index in [9.17, 15) is 13.6 Å². The Morgan fingerprint density at radius 1 is 0.969 bits per heavy atom. The molecule has 1 aliphatic heterocycles. The molecule has 0 aliphatic carbocycles. The number of benzene rings is 2. The molecule has 0 unspecified atom stereocenters. The molecule has 0 radical (unpaired) electrons. The molecule has 0 bridgehead atoms. The molecular formula is C24H24F2N4O2. The highest BCUT2D eigenvalue weighted by Gasteiger charge is 2.19. The van der Waals surface area contributed by atoms with Crippen molar-refractivity contribution in [1.82, 2.24) is 4.98 Å². The van der Waals surface area contributed by atoms with Crippen LogP contribution in [0.4, 0.5) is 26.1 Å². The van der Waals surface area contributed by atoms with Gasteiger partial charge in [-0.1, -0.05) is 24.3 Å². The maximum absolute atomic E-state index is 13.4. The van der Waals surface area contributed by atoms with Crippen molar-refractivity contribution in [2.75, 3.05) is 41.8 Å². The van der Waals surface area contributed by atoms with E-state index in [0.717, 1.165) is 5.56 Å². The topological polar surface area (TPSA) is 66.5 Å². The second-order valence-corrected chi connectivity index (χ2v) is 7.50. The van der Waals surface area contributed by atoms with E-state index in [1.165, 1.54) is 24.3 Å². The largest absolute Gasteiger partial charge is 0.378 e. The standard InChI is InChI=1S/C24H24F2N4O2/c25-19-6-4-17(5-7-19)16-27-22-9-8-21(24(29-22)30-10-12-32-13-11-30)28-23(31)15-18-2-1-3-20(26)14-18/h1-9,14H,10-13,15-16H2,(H,27,29)(H,28,31). The Morgan fingerprint density at radius 3 is 2.50 bits per heavy atom. The first-order valence-electron chi connectivity index (χ1n) is 10.4. The number of hydrogen-bond donors (Lipinski definition) is 2. The van der Waals surface area contributed by atoms with Crippen LogP contribution in [0.3, 0.4) is 0 Å². The first-order chi connectivity index (χ1) is 15.6. The number of rotatable bonds is 7. The van der Waals surface area contributed by atoms with Crippen molar-refractivity contribution in [3.8, 4) is 0 Å². The molecular weight excluding hydrogens is 414 g/mol. The first kappa shape index (κ1) is 21.7. The fraction of sp³-hybridized carbons (Fsp3) is 0.250. The Morgan fingerprint density at radius 2 is 1.75 bits per heavy atom. The highest BCUT2D eigenvalue weighted by molar-refractivity contribution is 5.95. The second kappa shape index (κ2) is 10.2. The molecule has 2 N–H and O–H groups in total. The molecule has 1 amide bonds. The highest BCUT2D eigenvalue weighted by Crippen LogP contribution is 2.27. The lowest BCUT2D eigenvalue weighted by atomic mass is 10.1. The summed E-state index contributed by atoms with van der Waals surface area (Å²) in [7, 11) is 0. The number of hydrogen-bond acceptors (Lipinski definition) is 5. The summed E-state index contributed by atoms with van der Waals surface area (Å²) in [6.45, 7) is 2.95. The lowest BCUT2D eigenvalue weighted by molar-refractivity contribution is -0.115. The third-order valence-electron chi connectivity index (χ3n) is 5.10. The zero-order valence-corrected chi connectivity index (χ0v) is 17.5. The summed E-state index contributed by atoms with van der Waals surface area (Å²) in [6, 6.07) is 15.8. The van der Waals surface area contributed by atoms with Gasteiger partial charge in [-0.3, -0.25) is 4.79 Å². The molecule has 1 aromatic heterocycles. The van der Waals surface area contributed by atoms with Crippen LogP contribution in [0.15, 0.2) is 60.7 Å². The fourth-order valence-electron chi connectivity index (χ4n) is 3.48. The molecule has 166 valence electrons. The van der Waals surface area contributed by atoms with E-state index in [1.54, 1.807) is 36.4 Å². The van der Waals surface area contributed by atoms with E-state index >= 15 is 0 Å². The molecule has 0 saturated carbocycles. The lowest BCUT2D eigenvalue weighted by Crippen LogP contribution is -2.37. The molecule has 6 nitrogen and oxygen atoms in total. The van der Waals surface area contributed by atoms with Gasteiger partial charge >= 0.3 is 0 Å². The Labute approximate surface area is 185 Å². The van der Waals surface area contributed by atoms with Crippen LogP contribution in [0.25, 0.3) is 0 Å². The number of halogens is 2. The predicted molar refractivity (Wildman–Crippen MR) is 120 cm³/mol. The SMILES string of the molecule is O=C(Cc1cccc(F)c1)Nc1ccc(NCc2ccc(F)cc2)nc1N1CCOCC1. The molecule has 8 heteroatoms. The van der Waals surface area contributed by atoms with Crippen LogP contribution in [-0.2, 0) is 22.5 Å². The van der Waals surface area contributed by atoms with Gasteiger partial charge in [0.2, 0.25) is 5.91 Å². The van der Waals surface area contributed by atoms with E-state index in [0.29, 0.717) is 55.7 Å². The quantitative estimate of drug-likeness (QED) is 0.584. The van der Waals surface area contributed by atoms with Crippen molar-refractivity contribution < 1.29 is 18.3 Å². The van der Waals surface area contributed by atoms with Crippen LogP contribution in [0, 0.1) is 11.6 Å². The smallest absolute Gasteiger partial charge is 0.228 e. The predicted octanol–water partition coefficient (Wildman–Crippen LogP) is 3.99. The van der Waals surface area contributed by atoms with Crippen LogP contribution in [0.2, 0.25) is 0 Å². The summed E-state index contributed by atoms with van der Waals surface area (Å²) in [5.41, 5.74) is 2.11. The molecule has 3 aromatic rings. The molecule has 32 heavy (non-hydrogen) atoms. The molecule has 2 aromatic carbocycles. The van der Waals surface area contributed by atoms with Gasteiger partial charge in [0.25, 0.3) is 0 Å². The van der Waals surface area contributed by atoms with Crippen molar-refractivity contribution in [2.45, 2.75) is 13.0 Å². The number of carbonyl (C=O) groups excluding carboxylic acids is 1. The van der Waals surface area contributed by atoms with E-state index in [1.807, 2.05) is 0 Å². The van der Waals surface area contributed by atoms with Gasteiger partial charge in [-0.05, 0) is 47.5 Å². The third-order valence-corrected chi connectivity index (χ3v) is 5.10. The first-order valence-corrected chi connectivity index (χ1v) is 10.4. The summed E-state index contributed by atoms with van der Waals surface area (Å²) in [4.78, 5) is 19.4. The summed E-state index contributed by atoms with van der Waals surface area (Å²) >= 11 is 0. The number of nitrogens with one attached hydrogen (secondary N) is 2. The van der Waals surface area contributed by atoms with E-state index in [2.05, 4.69) is 15.5 Å². The van der Waals surface area contributed by atoms with Crippen molar-refractivity contribution in [3.63, 3.8) is 0 Å². The number of pyridine rings is 1. The molecule has 0 spiro atoms. The average molecular weight is 438 g/mol. The molecule has 2 heterocycles. The van der Waals surface area contributed by atoms with E-state index in [4.69, 9.17) is 9.72 Å². The zero-order chi connectivity index (χ0) is 22.3. The summed E-state index contributed by atoms with van der Waals surface area (Å²) in [6.07, 6.45) is 0.0604. The molecule has 0 atom stereocenters. The molecule has 1 fully saturated rings. The lowest BCUT2D eigenvalue weighted by Gasteiger charge is -2.29. The van der Waals surface area contributed by atoms with Gasteiger partial charge < -0.3 is 20.3 Å². The van der Waals surface area contributed by atoms with Crippen LogP contribution < -0.4 is 15.5 Å². The van der Waals surface area contributed by atoms with Crippen LogP contribution >= 0.6 is 0 Å². The normalized spacial score (nSPS) is 13.6. The van der Waals surface area contributed by atoms with Crippen LogP contribution in [0.1, 0.15) is 11.1 Å². The van der Waals surface area contributed by atoms with Gasteiger partial charge in [-0.2, -0.15) is 0 Å². The zero-order valence-electron chi connectivity index (χ0n) is 17.5. The van der Waals surface area contributed by atoms with Crippen molar-refractivity contribution in [3.05, 3.63) is 83.4 Å². The minimum Gasteiger partial charge on any atom is -0.378 e. The minimum atomic E-state index is -0.373. The van der Waals surface area contributed by atoms with Crippen LogP contribution in [0.5, 0.6) is 0 Å². The number of amides is 1. The number of ether oxygens (including phenoxy) is 1. The molecule has 1 saturated heterocycles. The molecule has 4 rings (SSSR count). The van der Waals surface area contributed by atoms with Gasteiger partial charge in [-0.25, -0.2) is 13.8 Å². The second-order valence-electron chi connectivity index (χ2n) is 7.50. The maximum atomic E-state index is 13.4. The van der Waals surface area contributed by atoms with Crippen molar-refractivity contribution in [2.24, 2.45) is 0 Å². The van der Waals surface area contributed by atoms with Crippen molar-refractivity contribution in [1.29, 1.82) is 0 Å². The van der Waals surface area contributed by atoms with E-state index in [-0.39, 0.29) is 24.0 Å². The number of anilines is 3.